The molecular formula is C16H22N4O. The third-order valence-electron chi connectivity index (χ3n) is 3.07. The Hall–Kier alpha value is -2.14. The fraction of sp³-hybridized carbons (Fsp3) is 0.375. The lowest BCUT2D eigenvalue weighted by Gasteiger charge is -2.10. The molecule has 0 fully saturated rings. The fourth-order valence-electron chi connectivity index (χ4n) is 2.07. The van der Waals surface area contributed by atoms with Crippen LogP contribution >= 0.6 is 0 Å². The number of nitrogens with one attached hydrogen (secondary N) is 2. The molecule has 5 nitrogen and oxygen atoms in total. The molecule has 0 aliphatic rings. The highest BCUT2D eigenvalue weighted by Gasteiger charge is 2.04. The van der Waals surface area contributed by atoms with Gasteiger partial charge in [-0.3, -0.25) is 0 Å². The normalized spacial score (nSPS) is 10.4. The Kier molecular flexibility index (Phi) is 5.51. The maximum absolute atomic E-state index is 5.09. The Morgan fingerprint density at radius 2 is 1.81 bits per heavy atom. The molecular weight excluding hydrogens is 264 g/mol. The lowest BCUT2D eigenvalue weighted by atomic mass is 10.1. The summed E-state index contributed by atoms with van der Waals surface area (Å²) in [6.07, 6.45) is 2.26. The third kappa shape index (κ3) is 4.43. The van der Waals surface area contributed by atoms with Crippen LogP contribution in [0.25, 0.3) is 0 Å². The average Bonchev–Trinajstić information content (AvgIpc) is 2.49. The van der Waals surface area contributed by atoms with Crippen molar-refractivity contribution < 1.29 is 4.74 Å². The van der Waals surface area contributed by atoms with Crippen LogP contribution in [-0.2, 0) is 17.8 Å². The number of methoxy groups -OCH3 is 1. The summed E-state index contributed by atoms with van der Waals surface area (Å²) in [5.41, 5.74) is 2.36. The lowest BCUT2D eigenvalue weighted by Crippen LogP contribution is -2.04. The van der Waals surface area contributed by atoms with Crippen LogP contribution in [0.4, 0.5) is 17.3 Å². The highest BCUT2D eigenvalue weighted by atomic mass is 16.5. The van der Waals surface area contributed by atoms with Gasteiger partial charge in [0.2, 0.25) is 0 Å². The second-order valence-corrected chi connectivity index (χ2v) is 4.81. The summed E-state index contributed by atoms with van der Waals surface area (Å²) in [6, 6.07) is 10.3. The van der Waals surface area contributed by atoms with Crippen molar-refractivity contribution in [3.63, 3.8) is 0 Å². The lowest BCUT2D eigenvalue weighted by molar-refractivity contribution is 0.178. The molecule has 5 heteroatoms. The van der Waals surface area contributed by atoms with Crippen molar-refractivity contribution in [2.45, 2.75) is 26.4 Å². The van der Waals surface area contributed by atoms with E-state index >= 15 is 0 Å². The van der Waals surface area contributed by atoms with Crippen molar-refractivity contribution >= 4 is 17.3 Å². The Labute approximate surface area is 125 Å². The first-order chi connectivity index (χ1) is 10.2. The molecule has 2 N–H and O–H groups in total. The highest BCUT2D eigenvalue weighted by Crippen LogP contribution is 2.18. The van der Waals surface area contributed by atoms with Gasteiger partial charge >= 0.3 is 0 Å². The summed E-state index contributed by atoms with van der Waals surface area (Å²) in [4.78, 5) is 8.77. The van der Waals surface area contributed by atoms with Crippen LogP contribution in [0.3, 0.4) is 0 Å². The van der Waals surface area contributed by atoms with E-state index in [0.29, 0.717) is 12.4 Å². The van der Waals surface area contributed by atoms with Gasteiger partial charge < -0.3 is 15.4 Å². The molecule has 0 bridgehead atoms. The molecule has 0 aliphatic heterocycles. The Balaban J connectivity index is 2.15. The van der Waals surface area contributed by atoms with E-state index in [2.05, 4.69) is 51.8 Å². The zero-order valence-corrected chi connectivity index (χ0v) is 12.8. The molecule has 0 saturated heterocycles. The highest BCUT2D eigenvalue weighted by molar-refractivity contribution is 5.59. The molecule has 112 valence electrons. The number of aromatic nitrogens is 2. The molecule has 0 radical (unpaired) electrons. The summed E-state index contributed by atoms with van der Waals surface area (Å²) < 4.78 is 5.09. The van der Waals surface area contributed by atoms with Crippen LogP contribution < -0.4 is 10.6 Å². The number of hydrogen-bond donors (Lipinski definition) is 2. The third-order valence-corrected chi connectivity index (χ3v) is 3.07. The predicted octanol–water partition coefficient (Wildman–Crippen LogP) is 3.36. The van der Waals surface area contributed by atoms with Crippen LogP contribution in [0.15, 0.2) is 30.3 Å². The van der Waals surface area contributed by atoms with Gasteiger partial charge in [0.15, 0.2) is 5.82 Å². The van der Waals surface area contributed by atoms with Crippen molar-refractivity contribution in [2.75, 3.05) is 24.8 Å². The Bertz CT molecular complexity index is 569. The van der Waals surface area contributed by atoms with Crippen molar-refractivity contribution in [1.82, 2.24) is 9.97 Å². The maximum atomic E-state index is 5.09. The van der Waals surface area contributed by atoms with E-state index < -0.39 is 0 Å². The SMILES string of the molecule is CCCc1ccc(Nc2cc(NC)nc(COC)n2)cc1. The molecule has 0 unspecified atom stereocenters. The molecule has 0 amide bonds. The number of rotatable bonds is 7. The average molecular weight is 286 g/mol. The van der Waals surface area contributed by atoms with Gasteiger partial charge in [0, 0.05) is 25.9 Å². The van der Waals surface area contributed by atoms with Gasteiger partial charge in [-0.15, -0.1) is 0 Å². The smallest absolute Gasteiger partial charge is 0.158 e. The molecule has 1 heterocycles. The van der Waals surface area contributed by atoms with E-state index in [9.17, 15) is 0 Å². The quantitative estimate of drug-likeness (QED) is 0.817. The van der Waals surface area contributed by atoms with Crippen LogP contribution in [0.5, 0.6) is 0 Å². The number of nitrogens with zero attached hydrogens (tertiary/aromatic N) is 2. The van der Waals surface area contributed by atoms with E-state index in [1.54, 1.807) is 7.11 Å². The van der Waals surface area contributed by atoms with Crippen LogP contribution in [-0.4, -0.2) is 24.1 Å². The number of benzene rings is 1. The summed E-state index contributed by atoms with van der Waals surface area (Å²) in [5, 5.41) is 6.33. The van der Waals surface area contributed by atoms with E-state index in [-0.39, 0.29) is 0 Å². The van der Waals surface area contributed by atoms with Crippen molar-refractivity contribution in [1.29, 1.82) is 0 Å². The topological polar surface area (TPSA) is 59.1 Å². The molecule has 1 aromatic carbocycles. The van der Waals surface area contributed by atoms with Crippen molar-refractivity contribution in [2.24, 2.45) is 0 Å². The van der Waals surface area contributed by atoms with Crippen molar-refractivity contribution in [3.05, 3.63) is 41.7 Å². The molecule has 2 aromatic rings. The van der Waals surface area contributed by atoms with Gasteiger partial charge in [-0.25, -0.2) is 9.97 Å². The summed E-state index contributed by atoms with van der Waals surface area (Å²) in [5.74, 6) is 2.17. The van der Waals surface area contributed by atoms with Crippen LogP contribution in [0.2, 0.25) is 0 Å². The first-order valence-electron chi connectivity index (χ1n) is 7.15. The zero-order valence-electron chi connectivity index (χ0n) is 12.8. The van der Waals surface area contributed by atoms with Crippen molar-refractivity contribution in [3.8, 4) is 0 Å². The minimum absolute atomic E-state index is 0.389. The molecule has 21 heavy (non-hydrogen) atoms. The molecule has 1 aromatic heterocycles. The van der Waals surface area contributed by atoms with Crippen LogP contribution in [0.1, 0.15) is 24.7 Å². The molecule has 2 rings (SSSR count). The molecule has 0 aliphatic carbocycles. The minimum atomic E-state index is 0.389. The van der Waals surface area contributed by atoms with Crippen LogP contribution in [0, 0.1) is 0 Å². The molecule has 0 saturated carbocycles. The van der Waals surface area contributed by atoms with E-state index in [4.69, 9.17) is 4.74 Å². The largest absolute Gasteiger partial charge is 0.377 e. The van der Waals surface area contributed by atoms with E-state index in [1.165, 1.54) is 5.56 Å². The van der Waals surface area contributed by atoms with Gasteiger partial charge in [0.25, 0.3) is 0 Å². The van der Waals surface area contributed by atoms with Gasteiger partial charge in [-0.1, -0.05) is 25.5 Å². The number of hydrogen-bond acceptors (Lipinski definition) is 5. The summed E-state index contributed by atoms with van der Waals surface area (Å²) >= 11 is 0. The Morgan fingerprint density at radius 1 is 1.10 bits per heavy atom. The monoisotopic (exact) mass is 286 g/mol. The van der Waals surface area contributed by atoms with Gasteiger partial charge in [0.05, 0.1) is 0 Å². The number of ether oxygens (including phenoxy) is 1. The predicted molar refractivity (Wildman–Crippen MR) is 86.0 cm³/mol. The molecule has 0 spiro atoms. The fourth-order valence-corrected chi connectivity index (χ4v) is 2.07. The minimum Gasteiger partial charge on any atom is -0.377 e. The summed E-state index contributed by atoms with van der Waals surface area (Å²) in [6.45, 7) is 2.57. The summed E-state index contributed by atoms with van der Waals surface area (Å²) in [7, 11) is 3.47. The Morgan fingerprint density at radius 3 is 2.43 bits per heavy atom. The maximum Gasteiger partial charge on any atom is 0.158 e. The van der Waals surface area contributed by atoms with Gasteiger partial charge in [-0.05, 0) is 24.1 Å². The van der Waals surface area contributed by atoms with Gasteiger partial charge in [0.1, 0.15) is 18.2 Å². The number of aryl methyl sites for hydroxylation is 1. The van der Waals surface area contributed by atoms with E-state index in [1.807, 2.05) is 13.1 Å². The molecule has 0 atom stereocenters. The second-order valence-electron chi connectivity index (χ2n) is 4.81. The van der Waals surface area contributed by atoms with Gasteiger partial charge in [-0.2, -0.15) is 0 Å². The standard InChI is InChI=1S/C16H22N4O/c1-4-5-12-6-8-13(9-7-12)18-15-10-14(17-2)19-16(20-15)11-21-3/h6-10H,4-5,11H2,1-3H3,(H2,17,18,19,20). The first-order valence-corrected chi connectivity index (χ1v) is 7.15. The van der Waals surface area contributed by atoms with E-state index in [0.717, 1.165) is 30.2 Å². The zero-order chi connectivity index (χ0) is 15.1. The number of anilines is 3. The first kappa shape index (κ1) is 15.3. The second kappa shape index (κ2) is 7.59.